The highest BCUT2D eigenvalue weighted by molar-refractivity contribution is 7.37. The summed E-state index contributed by atoms with van der Waals surface area (Å²) in [5.74, 6) is 0.0912. The van der Waals surface area contributed by atoms with E-state index in [1.807, 2.05) is 11.4 Å². The Morgan fingerprint density at radius 2 is 2.38 bits per heavy atom. The Labute approximate surface area is 83.4 Å². The zero-order chi connectivity index (χ0) is 9.42. The van der Waals surface area contributed by atoms with Crippen molar-refractivity contribution in [1.29, 1.82) is 0 Å². The maximum Gasteiger partial charge on any atom is 0.161 e. The van der Waals surface area contributed by atoms with Crippen molar-refractivity contribution in [2.75, 3.05) is 0 Å². The summed E-state index contributed by atoms with van der Waals surface area (Å²) in [6.07, 6.45) is 0. The molecule has 68 valence electrons. The highest BCUT2D eigenvalue weighted by Crippen LogP contribution is 2.34. The Hall–Kier alpha value is -0.710. The van der Waals surface area contributed by atoms with Gasteiger partial charge in [-0.15, -0.1) is 22.7 Å². The predicted molar refractivity (Wildman–Crippen MR) is 55.6 cm³/mol. The molecule has 0 aromatic carbocycles. The smallest absolute Gasteiger partial charge is 0.161 e. The van der Waals surface area contributed by atoms with Gasteiger partial charge in [0, 0.05) is 21.2 Å². The van der Waals surface area contributed by atoms with Gasteiger partial charge in [0.2, 0.25) is 0 Å². The lowest BCUT2D eigenvalue weighted by Gasteiger charge is -1.86. The fraction of sp³-hybridized carbons (Fsp3) is 0.222. The third kappa shape index (κ3) is 1.41. The largest absolute Gasteiger partial charge is 0.391 e. The quantitative estimate of drug-likeness (QED) is 0.777. The lowest BCUT2D eigenvalue weighted by molar-refractivity contribution is 0.101. The second-order valence-corrected chi connectivity index (χ2v) is 5.05. The van der Waals surface area contributed by atoms with Crippen molar-refractivity contribution in [2.24, 2.45) is 0 Å². The van der Waals surface area contributed by atoms with E-state index >= 15 is 0 Å². The van der Waals surface area contributed by atoms with Crippen LogP contribution in [-0.4, -0.2) is 10.9 Å². The fourth-order valence-electron chi connectivity index (χ4n) is 1.23. The van der Waals surface area contributed by atoms with E-state index in [4.69, 9.17) is 5.11 Å². The van der Waals surface area contributed by atoms with Crippen LogP contribution in [0.25, 0.3) is 9.40 Å². The summed E-state index contributed by atoms with van der Waals surface area (Å²) in [5, 5.41) is 11.8. The average molecular weight is 212 g/mol. The Morgan fingerprint density at radius 1 is 1.62 bits per heavy atom. The molecule has 0 fully saturated rings. The van der Waals surface area contributed by atoms with E-state index in [-0.39, 0.29) is 12.4 Å². The molecule has 0 saturated heterocycles. The fourth-order valence-corrected chi connectivity index (χ4v) is 3.46. The first kappa shape index (κ1) is 8.87. The van der Waals surface area contributed by atoms with Crippen molar-refractivity contribution < 1.29 is 9.90 Å². The second kappa shape index (κ2) is 3.21. The van der Waals surface area contributed by atoms with Gasteiger partial charge in [-0.25, -0.2) is 0 Å². The molecule has 0 aliphatic heterocycles. The zero-order valence-corrected chi connectivity index (χ0v) is 8.67. The number of fused-ring (bicyclic) bond motifs is 1. The topological polar surface area (TPSA) is 37.3 Å². The molecule has 2 aromatic rings. The van der Waals surface area contributed by atoms with Crippen LogP contribution in [0.4, 0.5) is 0 Å². The molecule has 0 bridgehead atoms. The average Bonchev–Trinajstić information content (AvgIpc) is 2.59. The van der Waals surface area contributed by atoms with Gasteiger partial charge in [-0.1, -0.05) is 0 Å². The number of Topliss-reactive ketones (excluding diaryl/α,β-unsaturated/α-hetero) is 1. The van der Waals surface area contributed by atoms with Crippen LogP contribution in [0.5, 0.6) is 0 Å². The van der Waals surface area contributed by atoms with Gasteiger partial charge in [0.1, 0.15) is 0 Å². The maximum absolute atomic E-state index is 11.2. The summed E-state index contributed by atoms with van der Waals surface area (Å²) in [5.41, 5.74) is 0.774. The molecule has 0 aliphatic carbocycles. The van der Waals surface area contributed by atoms with E-state index in [9.17, 15) is 4.79 Å². The number of carbonyl (C=O) groups excluding carboxylic acids is 1. The third-order valence-electron chi connectivity index (χ3n) is 1.86. The molecule has 2 aromatic heterocycles. The minimum Gasteiger partial charge on any atom is -0.391 e. The van der Waals surface area contributed by atoms with Crippen molar-refractivity contribution in [2.45, 2.75) is 13.5 Å². The second-order valence-electron chi connectivity index (χ2n) is 2.78. The summed E-state index contributed by atoms with van der Waals surface area (Å²) in [7, 11) is 0. The summed E-state index contributed by atoms with van der Waals surface area (Å²) in [6, 6.07) is 1.90. The van der Waals surface area contributed by atoms with Crippen molar-refractivity contribution >= 4 is 37.9 Å². The number of aliphatic hydroxyl groups is 1. The van der Waals surface area contributed by atoms with Gasteiger partial charge in [-0.05, 0) is 13.0 Å². The van der Waals surface area contributed by atoms with Gasteiger partial charge in [0.05, 0.1) is 10.6 Å². The summed E-state index contributed by atoms with van der Waals surface area (Å²) in [4.78, 5) is 12.1. The highest BCUT2D eigenvalue weighted by Gasteiger charge is 2.10. The molecule has 2 heterocycles. The molecule has 0 saturated carbocycles. The zero-order valence-electron chi connectivity index (χ0n) is 7.03. The monoisotopic (exact) mass is 212 g/mol. The van der Waals surface area contributed by atoms with E-state index < -0.39 is 0 Å². The van der Waals surface area contributed by atoms with Gasteiger partial charge in [-0.2, -0.15) is 0 Å². The van der Waals surface area contributed by atoms with Crippen LogP contribution in [0.3, 0.4) is 0 Å². The van der Waals surface area contributed by atoms with E-state index in [2.05, 4.69) is 0 Å². The van der Waals surface area contributed by atoms with Crippen LogP contribution in [-0.2, 0) is 6.61 Å². The molecule has 2 nitrogen and oxygen atoms in total. The number of hydrogen-bond acceptors (Lipinski definition) is 4. The van der Waals surface area contributed by atoms with Crippen LogP contribution in [0.2, 0.25) is 0 Å². The lowest BCUT2D eigenvalue weighted by atomic mass is 10.2. The molecule has 13 heavy (non-hydrogen) atoms. The van der Waals surface area contributed by atoms with Crippen molar-refractivity contribution in [3.8, 4) is 0 Å². The number of aliphatic hydroxyl groups excluding tert-OH is 1. The molecular weight excluding hydrogens is 204 g/mol. The van der Waals surface area contributed by atoms with Crippen LogP contribution < -0.4 is 0 Å². The number of rotatable bonds is 2. The molecule has 0 spiro atoms. The van der Waals surface area contributed by atoms with Gasteiger partial charge in [0.25, 0.3) is 0 Å². The molecular formula is C9H8O2S2. The standard InChI is InChI=1S/C9H8O2S2/c1-5(11)8-4-12-9-7(8)2-6(3-10)13-9/h2,4,10H,3H2,1H3. The first-order chi connectivity index (χ1) is 6.22. The van der Waals surface area contributed by atoms with Gasteiger partial charge >= 0.3 is 0 Å². The van der Waals surface area contributed by atoms with Crippen molar-refractivity contribution in [3.63, 3.8) is 0 Å². The first-order valence-corrected chi connectivity index (χ1v) is 5.53. The first-order valence-electron chi connectivity index (χ1n) is 3.84. The molecule has 0 radical (unpaired) electrons. The Balaban J connectivity index is 2.65. The number of ketones is 1. The van der Waals surface area contributed by atoms with Crippen LogP contribution in [0.15, 0.2) is 11.4 Å². The van der Waals surface area contributed by atoms with E-state index in [1.165, 1.54) is 0 Å². The van der Waals surface area contributed by atoms with Crippen molar-refractivity contribution in [1.82, 2.24) is 0 Å². The highest BCUT2D eigenvalue weighted by atomic mass is 32.2. The van der Waals surface area contributed by atoms with E-state index in [0.717, 1.165) is 19.8 Å². The number of carbonyl (C=O) groups is 1. The molecule has 0 amide bonds. The number of thiophene rings is 2. The molecule has 1 N–H and O–H groups in total. The summed E-state index contributed by atoms with van der Waals surface area (Å²) < 4.78 is 1.12. The maximum atomic E-state index is 11.2. The minimum absolute atomic E-state index is 0.0589. The molecule has 0 atom stereocenters. The predicted octanol–water partition coefficient (Wildman–Crippen LogP) is 2.66. The Bertz CT molecular complexity index is 453. The van der Waals surface area contributed by atoms with Crippen LogP contribution in [0.1, 0.15) is 22.2 Å². The molecule has 0 unspecified atom stereocenters. The van der Waals surface area contributed by atoms with Gasteiger partial charge in [-0.3, -0.25) is 4.79 Å². The minimum atomic E-state index is 0.0589. The SMILES string of the molecule is CC(=O)c1csc2sc(CO)cc12. The van der Waals surface area contributed by atoms with Crippen molar-refractivity contribution in [3.05, 3.63) is 21.9 Å². The lowest BCUT2D eigenvalue weighted by Crippen LogP contribution is -1.87. The number of hydrogen-bond donors (Lipinski definition) is 1. The summed E-state index contributed by atoms with van der Waals surface area (Å²) >= 11 is 3.12. The molecule has 0 aliphatic rings. The van der Waals surface area contributed by atoms with Crippen LogP contribution in [0, 0.1) is 0 Å². The van der Waals surface area contributed by atoms with E-state index in [1.54, 1.807) is 29.6 Å². The van der Waals surface area contributed by atoms with Gasteiger partial charge in [0.15, 0.2) is 5.78 Å². The normalized spacial score (nSPS) is 10.9. The molecule has 4 heteroatoms. The molecule has 2 rings (SSSR count). The Morgan fingerprint density at radius 3 is 3.00 bits per heavy atom. The van der Waals surface area contributed by atoms with E-state index in [0.29, 0.717) is 0 Å². The summed E-state index contributed by atoms with van der Waals surface area (Å²) in [6.45, 7) is 1.63. The third-order valence-corrected chi connectivity index (χ3v) is 4.10. The Kier molecular flexibility index (Phi) is 2.19. The van der Waals surface area contributed by atoms with Gasteiger partial charge < -0.3 is 5.11 Å². The van der Waals surface area contributed by atoms with Crippen LogP contribution >= 0.6 is 22.7 Å².